The molecule has 0 radical (unpaired) electrons. The third kappa shape index (κ3) is 3.64. The summed E-state index contributed by atoms with van der Waals surface area (Å²) in [5, 5.41) is 18.4. The van der Waals surface area contributed by atoms with Gasteiger partial charge in [0.2, 0.25) is 11.9 Å². The van der Waals surface area contributed by atoms with Crippen LogP contribution in [0.5, 0.6) is 0 Å². The summed E-state index contributed by atoms with van der Waals surface area (Å²) in [4.78, 5) is 20.1. The molecule has 3 N–H and O–H groups in total. The van der Waals surface area contributed by atoms with Crippen LogP contribution >= 0.6 is 0 Å². The molecule has 3 aromatic heterocycles. The molecule has 2 aliphatic rings. The Morgan fingerprint density at radius 3 is 2.85 bits per heavy atom. The molecule has 2 fully saturated rings. The standard InChI is InChI=1S/C24H25FN8O/c1-24(22(34)26-17-9-7-16(25)8-10-17)11-3-12-32(24)23-28-21(19-4-2-13-33(19)31-23)27-20-14-18(29-30-20)15-5-6-15/h2,4,7-10,13-15H,3,5-6,11-12H2,1H3,(H,26,34)(H2,27,28,29,30,31)/t24-/m0/s1. The molecule has 1 saturated heterocycles. The summed E-state index contributed by atoms with van der Waals surface area (Å²) in [5.74, 6) is 1.83. The number of hydrogen-bond donors (Lipinski definition) is 3. The van der Waals surface area contributed by atoms with E-state index in [1.54, 1.807) is 16.6 Å². The van der Waals surface area contributed by atoms with Gasteiger partial charge in [0.25, 0.3) is 0 Å². The van der Waals surface area contributed by atoms with Gasteiger partial charge in [0, 0.05) is 36.1 Å². The average Bonchev–Trinajstić information content (AvgIpc) is 3.20. The van der Waals surface area contributed by atoms with Gasteiger partial charge in [-0.3, -0.25) is 9.89 Å². The number of carbonyl (C=O) groups is 1. The van der Waals surface area contributed by atoms with Crippen molar-refractivity contribution in [3.05, 3.63) is 60.2 Å². The number of aromatic amines is 1. The van der Waals surface area contributed by atoms with Gasteiger partial charge >= 0.3 is 0 Å². The van der Waals surface area contributed by atoms with E-state index in [9.17, 15) is 9.18 Å². The maximum absolute atomic E-state index is 13.3. The summed E-state index contributed by atoms with van der Waals surface area (Å²) in [6.45, 7) is 2.54. The van der Waals surface area contributed by atoms with Gasteiger partial charge < -0.3 is 15.5 Å². The second kappa shape index (κ2) is 7.82. The van der Waals surface area contributed by atoms with E-state index < -0.39 is 5.54 Å². The molecule has 10 heteroatoms. The molecule has 0 spiro atoms. The van der Waals surface area contributed by atoms with Crippen LogP contribution in [0.2, 0.25) is 0 Å². The minimum atomic E-state index is -0.849. The SMILES string of the molecule is C[C@@]1(C(=O)Nc2ccc(F)cc2)CCCN1c1nc(Nc2cc(C3CC3)[nH]n2)c2cccn2n1. The lowest BCUT2D eigenvalue weighted by atomic mass is 9.97. The molecule has 34 heavy (non-hydrogen) atoms. The van der Waals surface area contributed by atoms with E-state index >= 15 is 0 Å². The molecular weight excluding hydrogens is 435 g/mol. The maximum atomic E-state index is 13.3. The number of benzene rings is 1. The van der Waals surface area contributed by atoms with Crippen LogP contribution in [-0.4, -0.2) is 42.8 Å². The summed E-state index contributed by atoms with van der Waals surface area (Å²) < 4.78 is 15.0. The van der Waals surface area contributed by atoms with Crippen molar-refractivity contribution in [1.82, 2.24) is 24.8 Å². The fourth-order valence-electron chi connectivity index (χ4n) is 4.57. The van der Waals surface area contributed by atoms with E-state index in [0.717, 1.165) is 17.6 Å². The summed E-state index contributed by atoms with van der Waals surface area (Å²) in [7, 11) is 0. The Morgan fingerprint density at radius 2 is 2.06 bits per heavy atom. The van der Waals surface area contributed by atoms with Gasteiger partial charge in [-0.15, -0.1) is 5.10 Å². The van der Waals surface area contributed by atoms with Gasteiger partial charge in [-0.05, 0) is 69.0 Å². The summed E-state index contributed by atoms with van der Waals surface area (Å²) in [5.41, 5.74) is 1.65. The number of nitrogens with zero attached hydrogens (tertiary/aromatic N) is 5. The molecule has 1 aromatic carbocycles. The highest BCUT2D eigenvalue weighted by Crippen LogP contribution is 2.40. The zero-order valence-electron chi connectivity index (χ0n) is 18.8. The van der Waals surface area contributed by atoms with Gasteiger partial charge in [0.05, 0.1) is 0 Å². The number of rotatable bonds is 6. The average molecular weight is 461 g/mol. The Bertz CT molecular complexity index is 1360. The van der Waals surface area contributed by atoms with Crippen LogP contribution in [0.3, 0.4) is 0 Å². The Kier molecular flexibility index (Phi) is 4.75. The molecular formula is C24H25FN8O. The first-order chi connectivity index (χ1) is 16.5. The van der Waals surface area contributed by atoms with Crippen molar-refractivity contribution in [2.24, 2.45) is 0 Å². The molecule has 0 bridgehead atoms. The molecule has 1 saturated carbocycles. The first-order valence-corrected chi connectivity index (χ1v) is 11.5. The van der Waals surface area contributed by atoms with Gasteiger partial charge in [0.15, 0.2) is 11.6 Å². The topological polar surface area (TPSA) is 103 Å². The van der Waals surface area contributed by atoms with E-state index in [-0.39, 0.29) is 11.7 Å². The summed E-state index contributed by atoms with van der Waals surface area (Å²) >= 11 is 0. The van der Waals surface area contributed by atoms with E-state index in [0.29, 0.717) is 42.2 Å². The van der Waals surface area contributed by atoms with Gasteiger partial charge in [-0.2, -0.15) is 10.1 Å². The summed E-state index contributed by atoms with van der Waals surface area (Å²) in [6, 6.07) is 11.6. The van der Waals surface area contributed by atoms with Gasteiger partial charge in [-0.1, -0.05) is 0 Å². The van der Waals surface area contributed by atoms with E-state index in [4.69, 9.17) is 10.1 Å². The third-order valence-electron chi connectivity index (χ3n) is 6.71. The van der Waals surface area contributed by atoms with Crippen molar-refractivity contribution in [3.8, 4) is 0 Å². The number of amides is 1. The fraction of sp³-hybridized carbons (Fsp3) is 0.333. The molecule has 9 nitrogen and oxygen atoms in total. The lowest BCUT2D eigenvalue weighted by Gasteiger charge is -2.34. The van der Waals surface area contributed by atoms with Crippen LogP contribution in [0.1, 0.15) is 44.2 Å². The van der Waals surface area contributed by atoms with Crippen LogP contribution < -0.4 is 15.5 Å². The van der Waals surface area contributed by atoms with E-state index in [2.05, 4.69) is 20.8 Å². The largest absolute Gasteiger partial charge is 0.325 e. The molecule has 1 aliphatic carbocycles. The van der Waals surface area contributed by atoms with Crippen LogP contribution in [0.4, 0.5) is 27.7 Å². The normalized spacial score (nSPS) is 20.1. The Morgan fingerprint density at radius 1 is 1.24 bits per heavy atom. The van der Waals surface area contributed by atoms with Gasteiger partial charge in [0.1, 0.15) is 16.9 Å². The van der Waals surface area contributed by atoms with E-state index in [1.807, 2.05) is 36.2 Å². The van der Waals surface area contributed by atoms with Crippen molar-refractivity contribution in [1.29, 1.82) is 0 Å². The molecule has 6 rings (SSSR count). The Labute approximate surface area is 195 Å². The van der Waals surface area contributed by atoms with Gasteiger partial charge in [-0.25, -0.2) is 8.91 Å². The molecule has 0 unspecified atom stereocenters. The zero-order chi connectivity index (χ0) is 23.3. The number of aromatic nitrogens is 5. The van der Waals surface area contributed by atoms with Crippen molar-refractivity contribution < 1.29 is 9.18 Å². The monoisotopic (exact) mass is 460 g/mol. The molecule has 1 atom stereocenters. The highest BCUT2D eigenvalue weighted by molar-refractivity contribution is 6.00. The third-order valence-corrected chi connectivity index (χ3v) is 6.71. The fourth-order valence-corrected chi connectivity index (χ4v) is 4.57. The minimum absolute atomic E-state index is 0.177. The second-order valence-electron chi connectivity index (χ2n) is 9.20. The molecule has 4 heterocycles. The highest BCUT2D eigenvalue weighted by Gasteiger charge is 2.45. The number of anilines is 4. The first-order valence-electron chi connectivity index (χ1n) is 11.5. The summed E-state index contributed by atoms with van der Waals surface area (Å²) in [6.07, 6.45) is 5.72. The Balaban J connectivity index is 1.31. The number of nitrogens with one attached hydrogen (secondary N) is 3. The molecule has 1 aliphatic heterocycles. The number of H-pyrrole nitrogens is 1. The first kappa shape index (κ1) is 20.6. The zero-order valence-corrected chi connectivity index (χ0v) is 18.8. The van der Waals surface area contributed by atoms with Crippen LogP contribution in [-0.2, 0) is 4.79 Å². The molecule has 1 amide bonds. The maximum Gasteiger partial charge on any atom is 0.250 e. The quantitative estimate of drug-likeness (QED) is 0.398. The van der Waals surface area contributed by atoms with Crippen molar-refractivity contribution in [2.75, 3.05) is 22.1 Å². The van der Waals surface area contributed by atoms with Crippen LogP contribution in [0, 0.1) is 5.82 Å². The van der Waals surface area contributed by atoms with Crippen LogP contribution in [0.25, 0.3) is 5.52 Å². The minimum Gasteiger partial charge on any atom is -0.325 e. The van der Waals surface area contributed by atoms with Crippen molar-refractivity contribution >= 4 is 34.7 Å². The smallest absolute Gasteiger partial charge is 0.250 e. The number of halogens is 1. The number of fused-ring (bicyclic) bond motifs is 1. The number of hydrogen-bond acceptors (Lipinski definition) is 6. The van der Waals surface area contributed by atoms with E-state index in [1.165, 1.54) is 25.0 Å². The molecule has 4 aromatic rings. The van der Waals surface area contributed by atoms with Crippen molar-refractivity contribution in [3.63, 3.8) is 0 Å². The predicted molar refractivity (Wildman–Crippen MR) is 127 cm³/mol. The molecule has 174 valence electrons. The Hall–Kier alpha value is -3.95. The number of carbonyl (C=O) groups excluding carboxylic acids is 1. The lowest BCUT2D eigenvalue weighted by molar-refractivity contribution is -0.120. The van der Waals surface area contributed by atoms with Crippen LogP contribution in [0.15, 0.2) is 48.7 Å². The lowest BCUT2D eigenvalue weighted by Crippen LogP contribution is -2.51. The highest BCUT2D eigenvalue weighted by atomic mass is 19.1. The van der Waals surface area contributed by atoms with Crippen molar-refractivity contribution in [2.45, 2.75) is 44.1 Å². The second-order valence-corrected chi connectivity index (χ2v) is 9.20. The predicted octanol–water partition coefficient (Wildman–Crippen LogP) is 4.21.